The maximum absolute atomic E-state index is 12.5. The van der Waals surface area contributed by atoms with Crippen molar-refractivity contribution in [2.45, 2.75) is 37.8 Å². The van der Waals surface area contributed by atoms with Crippen LogP contribution in [0.5, 0.6) is 0 Å². The number of benzene rings is 2. The average Bonchev–Trinajstić information content (AvgIpc) is 3.59. The van der Waals surface area contributed by atoms with E-state index in [-0.39, 0.29) is 30.8 Å². The molecule has 9 heteroatoms. The minimum absolute atomic E-state index is 0.0199. The Labute approximate surface area is 206 Å². The molecule has 2 aliphatic rings. The molecule has 8 nitrogen and oxygen atoms in total. The second kappa shape index (κ2) is 9.87. The van der Waals surface area contributed by atoms with E-state index in [0.29, 0.717) is 17.8 Å². The molecule has 1 aromatic heterocycles. The summed E-state index contributed by atoms with van der Waals surface area (Å²) in [7, 11) is 0. The van der Waals surface area contributed by atoms with Crippen LogP contribution in [0.15, 0.2) is 53.9 Å². The Kier molecular flexibility index (Phi) is 6.50. The van der Waals surface area contributed by atoms with Gasteiger partial charge in [-0.1, -0.05) is 55.0 Å². The van der Waals surface area contributed by atoms with Crippen LogP contribution in [0, 0.1) is 5.92 Å². The molecule has 0 saturated heterocycles. The van der Waals surface area contributed by atoms with Gasteiger partial charge < -0.3 is 20.5 Å². The number of hydrogen-bond acceptors (Lipinski definition) is 6. The van der Waals surface area contributed by atoms with Crippen LogP contribution in [0.1, 0.15) is 51.8 Å². The largest absolute Gasteiger partial charge is 0.481 e. The molecular formula is C26H25N3O5S. The van der Waals surface area contributed by atoms with Gasteiger partial charge in [0.25, 0.3) is 5.91 Å². The van der Waals surface area contributed by atoms with Crippen molar-refractivity contribution in [2.75, 3.05) is 6.61 Å². The normalized spacial score (nSPS) is 18.5. The molecule has 0 aliphatic heterocycles. The molecule has 2 amide bonds. The molecule has 1 fully saturated rings. The van der Waals surface area contributed by atoms with E-state index in [0.717, 1.165) is 28.7 Å². The number of aliphatic carboxylic acids is 1. The fraction of sp³-hybridized carbons (Fsp3) is 0.308. The summed E-state index contributed by atoms with van der Waals surface area (Å²) in [6.07, 6.45) is 1.42. The molecule has 3 aromatic rings. The van der Waals surface area contributed by atoms with Crippen molar-refractivity contribution < 1.29 is 24.2 Å². The quantitative estimate of drug-likeness (QED) is 0.457. The number of amides is 2. The van der Waals surface area contributed by atoms with Crippen molar-refractivity contribution in [2.24, 2.45) is 5.92 Å². The van der Waals surface area contributed by atoms with Crippen LogP contribution >= 0.6 is 11.3 Å². The Bertz CT molecular complexity index is 1230. The lowest BCUT2D eigenvalue weighted by Gasteiger charge is -2.16. The van der Waals surface area contributed by atoms with E-state index < -0.39 is 23.9 Å². The monoisotopic (exact) mass is 491 g/mol. The Morgan fingerprint density at radius 2 is 1.71 bits per heavy atom. The third-order valence-corrected chi connectivity index (χ3v) is 7.51. The molecule has 2 aromatic carbocycles. The van der Waals surface area contributed by atoms with Gasteiger partial charge in [0.15, 0.2) is 0 Å². The molecule has 2 aliphatic carbocycles. The minimum Gasteiger partial charge on any atom is -0.481 e. The number of hydrogen-bond donors (Lipinski definition) is 3. The molecule has 0 radical (unpaired) electrons. The predicted molar refractivity (Wildman–Crippen MR) is 130 cm³/mol. The second-order valence-corrected chi connectivity index (χ2v) is 9.70. The highest BCUT2D eigenvalue weighted by Crippen LogP contribution is 2.44. The summed E-state index contributed by atoms with van der Waals surface area (Å²) in [5.41, 5.74) is 4.83. The van der Waals surface area contributed by atoms with Crippen molar-refractivity contribution in [3.05, 3.63) is 75.7 Å². The summed E-state index contributed by atoms with van der Waals surface area (Å²) < 4.78 is 5.53. The van der Waals surface area contributed by atoms with Gasteiger partial charge in [-0.15, -0.1) is 11.3 Å². The Morgan fingerprint density at radius 1 is 1.03 bits per heavy atom. The zero-order valence-corrected chi connectivity index (χ0v) is 19.7. The van der Waals surface area contributed by atoms with Crippen molar-refractivity contribution >= 4 is 29.3 Å². The highest BCUT2D eigenvalue weighted by Gasteiger charge is 2.34. The first-order valence-electron chi connectivity index (χ1n) is 11.6. The molecule has 0 spiro atoms. The van der Waals surface area contributed by atoms with Gasteiger partial charge in [0.1, 0.15) is 17.3 Å². The first kappa shape index (κ1) is 23.0. The van der Waals surface area contributed by atoms with Gasteiger partial charge in [-0.05, 0) is 35.1 Å². The lowest BCUT2D eigenvalue weighted by atomic mass is 9.98. The van der Waals surface area contributed by atoms with E-state index in [1.165, 1.54) is 11.3 Å². The number of nitrogens with zero attached hydrogens (tertiary/aromatic N) is 1. The fourth-order valence-corrected chi connectivity index (χ4v) is 5.68. The number of carboxylic acids is 1. The van der Waals surface area contributed by atoms with Gasteiger partial charge in [-0.2, -0.15) is 0 Å². The number of rotatable bonds is 7. The number of aromatic nitrogens is 1. The number of carbonyl (C=O) groups is 3. The maximum Gasteiger partial charge on any atom is 0.407 e. The molecule has 0 bridgehead atoms. The molecule has 1 heterocycles. The molecule has 35 heavy (non-hydrogen) atoms. The van der Waals surface area contributed by atoms with Gasteiger partial charge >= 0.3 is 12.1 Å². The van der Waals surface area contributed by atoms with Gasteiger partial charge in [-0.3, -0.25) is 9.59 Å². The number of carboxylic acid groups (broad SMARTS) is 1. The zero-order chi connectivity index (χ0) is 24.4. The third-order valence-electron chi connectivity index (χ3n) is 6.66. The lowest BCUT2D eigenvalue weighted by Crippen LogP contribution is -2.40. The molecular weight excluding hydrogens is 466 g/mol. The Hall–Kier alpha value is -3.72. The van der Waals surface area contributed by atoms with Crippen molar-refractivity contribution in [1.29, 1.82) is 0 Å². The van der Waals surface area contributed by atoms with Crippen molar-refractivity contribution in [1.82, 2.24) is 15.6 Å². The SMILES string of the molecule is O=C(NCc1nc(C(=O)NC2CCCC2C(=O)O)cs1)OCC1c2ccccc2-c2ccccc21. The second-order valence-electron chi connectivity index (χ2n) is 8.76. The van der Waals surface area contributed by atoms with E-state index in [9.17, 15) is 19.5 Å². The Morgan fingerprint density at radius 3 is 2.40 bits per heavy atom. The maximum atomic E-state index is 12.5. The smallest absolute Gasteiger partial charge is 0.407 e. The highest BCUT2D eigenvalue weighted by molar-refractivity contribution is 7.09. The van der Waals surface area contributed by atoms with Gasteiger partial charge in [0.05, 0.1) is 12.5 Å². The van der Waals surface area contributed by atoms with Crippen LogP contribution in [0.3, 0.4) is 0 Å². The average molecular weight is 492 g/mol. The first-order chi connectivity index (χ1) is 17.0. The number of alkyl carbamates (subject to hydrolysis) is 1. The summed E-state index contributed by atoms with van der Waals surface area (Å²) in [4.78, 5) is 40.5. The zero-order valence-electron chi connectivity index (χ0n) is 18.9. The van der Waals surface area contributed by atoms with Gasteiger partial charge in [-0.25, -0.2) is 9.78 Å². The number of nitrogens with one attached hydrogen (secondary N) is 2. The molecule has 3 N–H and O–H groups in total. The number of ether oxygens (including phenoxy) is 1. The van der Waals surface area contributed by atoms with Crippen LogP contribution < -0.4 is 10.6 Å². The van der Waals surface area contributed by atoms with Crippen LogP contribution in [-0.4, -0.2) is 40.7 Å². The molecule has 5 rings (SSSR count). The van der Waals surface area contributed by atoms with Crippen LogP contribution in [0.25, 0.3) is 11.1 Å². The lowest BCUT2D eigenvalue weighted by molar-refractivity contribution is -0.142. The highest BCUT2D eigenvalue weighted by atomic mass is 32.1. The summed E-state index contributed by atoms with van der Waals surface area (Å²) in [5.74, 6) is -1.87. The van der Waals surface area contributed by atoms with E-state index in [2.05, 4.69) is 39.9 Å². The third kappa shape index (κ3) is 4.77. The first-order valence-corrected chi connectivity index (χ1v) is 12.5. The topological polar surface area (TPSA) is 118 Å². The molecule has 180 valence electrons. The standard InChI is InChI=1S/C26H25N3O5S/c30-24(29-21-11-5-10-19(21)25(31)32)22-14-35-23(28-22)12-27-26(33)34-13-20-17-8-3-1-6-15(17)16-7-2-4-9-18(16)20/h1-4,6-9,14,19-21H,5,10-13H2,(H,27,33)(H,29,30)(H,31,32). The molecule has 2 atom stereocenters. The number of carbonyl (C=O) groups excluding carboxylic acids is 2. The number of thiazole rings is 1. The summed E-state index contributed by atoms with van der Waals surface area (Å²) in [5, 5.41) is 16.9. The van der Waals surface area contributed by atoms with E-state index in [1.807, 2.05) is 24.3 Å². The van der Waals surface area contributed by atoms with Crippen molar-refractivity contribution in [3.63, 3.8) is 0 Å². The van der Waals surface area contributed by atoms with Gasteiger partial charge in [0, 0.05) is 17.3 Å². The predicted octanol–water partition coefficient (Wildman–Crippen LogP) is 4.16. The fourth-order valence-electron chi connectivity index (χ4n) is 4.96. The van der Waals surface area contributed by atoms with Gasteiger partial charge in [0.2, 0.25) is 0 Å². The van der Waals surface area contributed by atoms with Crippen LogP contribution in [-0.2, 0) is 16.1 Å². The number of fused-ring (bicyclic) bond motifs is 3. The van der Waals surface area contributed by atoms with Crippen LogP contribution in [0.2, 0.25) is 0 Å². The summed E-state index contributed by atoms with van der Waals surface area (Å²) >= 11 is 1.25. The van der Waals surface area contributed by atoms with Crippen molar-refractivity contribution in [3.8, 4) is 11.1 Å². The molecule has 2 unspecified atom stereocenters. The van der Waals surface area contributed by atoms with E-state index in [4.69, 9.17) is 4.74 Å². The van der Waals surface area contributed by atoms with Crippen LogP contribution in [0.4, 0.5) is 4.79 Å². The van der Waals surface area contributed by atoms with E-state index >= 15 is 0 Å². The Balaban J connectivity index is 1.14. The molecule has 1 saturated carbocycles. The minimum atomic E-state index is -0.890. The summed E-state index contributed by atoms with van der Waals surface area (Å²) in [6, 6.07) is 15.9. The summed E-state index contributed by atoms with van der Waals surface area (Å²) in [6.45, 7) is 0.354. The van der Waals surface area contributed by atoms with E-state index in [1.54, 1.807) is 5.38 Å².